The monoisotopic (exact) mass is 604 g/mol. The predicted octanol–water partition coefficient (Wildman–Crippen LogP) is 3.07. The van der Waals surface area contributed by atoms with Gasteiger partial charge in [-0.15, -0.1) is 0 Å². The molecule has 0 aliphatic carbocycles. The van der Waals surface area contributed by atoms with Crippen LogP contribution < -0.4 is 4.90 Å². The van der Waals surface area contributed by atoms with Crippen molar-refractivity contribution in [1.29, 1.82) is 5.26 Å². The van der Waals surface area contributed by atoms with Crippen molar-refractivity contribution in [2.45, 2.75) is 38.5 Å². The summed E-state index contributed by atoms with van der Waals surface area (Å²) >= 11 is 0. The van der Waals surface area contributed by atoms with Crippen molar-refractivity contribution in [3.05, 3.63) is 54.7 Å². The van der Waals surface area contributed by atoms with Crippen LogP contribution in [0, 0.1) is 17.2 Å². The van der Waals surface area contributed by atoms with E-state index in [2.05, 4.69) is 21.2 Å². The molecule has 0 aromatic carbocycles. The van der Waals surface area contributed by atoms with Gasteiger partial charge in [0.2, 0.25) is 0 Å². The number of hydrogen-bond acceptors (Lipinski definition) is 10. The van der Waals surface area contributed by atoms with Crippen LogP contribution in [-0.4, -0.2) is 87.4 Å². The third-order valence-corrected chi connectivity index (χ3v) is 8.26. The normalized spacial score (nSPS) is 20.1. The van der Waals surface area contributed by atoms with Crippen LogP contribution in [0.25, 0.3) is 27.8 Å². The van der Waals surface area contributed by atoms with Crippen LogP contribution in [0.1, 0.15) is 26.3 Å². The lowest BCUT2D eigenvalue weighted by Gasteiger charge is -2.48. The highest BCUT2D eigenvalue weighted by atomic mass is 32.2. The van der Waals surface area contributed by atoms with E-state index in [1.807, 2.05) is 58.4 Å². The van der Waals surface area contributed by atoms with E-state index in [1.165, 1.54) is 0 Å². The van der Waals surface area contributed by atoms with Gasteiger partial charge >= 0.3 is 6.09 Å². The van der Waals surface area contributed by atoms with Crippen molar-refractivity contribution in [1.82, 2.24) is 29.3 Å². The number of aryl methyl sites for hydroxylation is 1. The molecule has 2 aliphatic heterocycles. The lowest BCUT2D eigenvalue weighted by atomic mass is 9.89. The Morgan fingerprint density at radius 1 is 1.09 bits per heavy atom. The van der Waals surface area contributed by atoms with Gasteiger partial charge < -0.3 is 14.5 Å². The molecule has 0 spiro atoms. The Morgan fingerprint density at radius 2 is 1.88 bits per heavy atom. The van der Waals surface area contributed by atoms with Crippen LogP contribution in [0.3, 0.4) is 0 Å². The molecule has 1 amide bonds. The van der Waals surface area contributed by atoms with E-state index in [4.69, 9.17) is 13.9 Å². The van der Waals surface area contributed by atoms with E-state index in [0.29, 0.717) is 30.0 Å². The van der Waals surface area contributed by atoms with Crippen LogP contribution >= 0.6 is 0 Å². The molecule has 4 aromatic rings. The van der Waals surface area contributed by atoms with Gasteiger partial charge in [-0.3, -0.25) is 8.86 Å². The standard InChI is InChI=1S/C29H32N8O5S/c1-29(2,3)42-28(38)35-14-22(17-41-43(5,39)40)27-24(35)16-36(27)25-7-6-18(10-31-25)23-8-19(21-12-32-34(4)13-21)15-37-26(23)20(9-30)11-33-37/h6-8,10-13,15,22,24,27H,14,16-17H2,1-5H3/t22?,24-,27-/m0/s1. The summed E-state index contributed by atoms with van der Waals surface area (Å²) in [6, 6.07) is 7.71. The summed E-state index contributed by atoms with van der Waals surface area (Å²) in [6.07, 6.45) is 9.43. The number of fused-ring (bicyclic) bond motifs is 2. The number of pyridine rings is 2. The minimum Gasteiger partial charge on any atom is -0.444 e. The van der Waals surface area contributed by atoms with Gasteiger partial charge in [-0.1, -0.05) is 0 Å². The van der Waals surface area contributed by atoms with Crippen LogP contribution in [0.15, 0.2) is 49.2 Å². The first-order valence-corrected chi connectivity index (χ1v) is 15.6. The molecule has 2 saturated heterocycles. The molecule has 0 bridgehead atoms. The van der Waals surface area contributed by atoms with Crippen molar-refractivity contribution in [2.24, 2.45) is 13.0 Å². The zero-order chi connectivity index (χ0) is 30.7. The van der Waals surface area contributed by atoms with Crippen LogP contribution in [-0.2, 0) is 26.1 Å². The van der Waals surface area contributed by atoms with Crippen molar-refractivity contribution >= 4 is 27.5 Å². The largest absolute Gasteiger partial charge is 0.444 e. The summed E-state index contributed by atoms with van der Waals surface area (Å²) in [5, 5.41) is 18.4. The van der Waals surface area contributed by atoms with Gasteiger partial charge in [-0.05, 0) is 39.0 Å². The quantitative estimate of drug-likeness (QED) is 0.301. The first-order valence-electron chi connectivity index (χ1n) is 13.8. The van der Waals surface area contributed by atoms with E-state index in [0.717, 1.165) is 28.5 Å². The Hall–Kier alpha value is -4.48. The molecule has 13 nitrogen and oxygen atoms in total. The second-order valence-corrected chi connectivity index (χ2v) is 13.6. The molecule has 43 heavy (non-hydrogen) atoms. The summed E-state index contributed by atoms with van der Waals surface area (Å²) < 4.78 is 37.7. The number of likely N-dealkylation sites (tertiary alicyclic amines) is 1. The number of carbonyl (C=O) groups excluding carboxylic acids is 1. The zero-order valence-corrected chi connectivity index (χ0v) is 25.3. The van der Waals surface area contributed by atoms with Gasteiger partial charge in [0.1, 0.15) is 17.5 Å². The van der Waals surface area contributed by atoms with Gasteiger partial charge in [-0.2, -0.15) is 23.9 Å². The van der Waals surface area contributed by atoms with Crippen molar-refractivity contribution in [3.63, 3.8) is 0 Å². The molecule has 6 heterocycles. The number of ether oxygens (including phenoxy) is 1. The fourth-order valence-corrected chi connectivity index (χ4v) is 6.28. The Balaban J connectivity index is 1.31. The summed E-state index contributed by atoms with van der Waals surface area (Å²) in [4.78, 5) is 21.5. The highest BCUT2D eigenvalue weighted by Gasteiger charge is 2.55. The van der Waals surface area contributed by atoms with Crippen LogP contribution in [0.2, 0.25) is 0 Å². The third kappa shape index (κ3) is 5.53. The molecule has 0 radical (unpaired) electrons. The Labute approximate surface area is 249 Å². The van der Waals surface area contributed by atoms with E-state index in [9.17, 15) is 18.5 Å². The first-order chi connectivity index (χ1) is 20.3. The minimum absolute atomic E-state index is 0.0504. The van der Waals surface area contributed by atoms with Crippen molar-refractivity contribution in [3.8, 4) is 28.3 Å². The highest BCUT2D eigenvalue weighted by molar-refractivity contribution is 7.85. The maximum Gasteiger partial charge on any atom is 0.410 e. The number of amides is 1. The fourth-order valence-electron chi connectivity index (χ4n) is 5.85. The minimum atomic E-state index is -3.66. The second kappa shape index (κ2) is 10.4. The first kappa shape index (κ1) is 28.6. The molecule has 4 aromatic heterocycles. The summed E-state index contributed by atoms with van der Waals surface area (Å²) in [5.41, 5.74) is 3.86. The van der Waals surface area contributed by atoms with E-state index < -0.39 is 21.8 Å². The molecule has 14 heteroatoms. The molecule has 0 N–H and O–H groups in total. The summed E-state index contributed by atoms with van der Waals surface area (Å²) in [5.74, 6) is 0.428. The Morgan fingerprint density at radius 3 is 2.51 bits per heavy atom. The third-order valence-electron chi connectivity index (χ3n) is 7.70. The molecule has 2 aliphatic rings. The molecule has 224 valence electrons. The van der Waals surface area contributed by atoms with E-state index in [-0.39, 0.29) is 24.6 Å². The smallest absolute Gasteiger partial charge is 0.410 e. The number of anilines is 1. The Kier molecular flexibility index (Phi) is 6.89. The topological polar surface area (TPSA) is 148 Å². The van der Waals surface area contributed by atoms with Crippen LogP contribution in [0.5, 0.6) is 0 Å². The molecule has 1 unspecified atom stereocenters. The van der Waals surface area contributed by atoms with Gasteiger partial charge in [0, 0.05) is 66.9 Å². The maximum absolute atomic E-state index is 13.0. The SMILES string of the molecule is Cn1cc(-c2cc(-c3ccc(N4C[C@H]5[C@@H]4C(COS(C)(=O)=O)CN5C(=O)OC(C)(C)C)nc3)c3c(C#N)cnn3c2)cn1. The number of nitriles is 1. The second-order valence-electron chi connectivity index (χ2n) is 12.0. The van der Waals surface area contributed by atoms with Gasteiger partial charge in [0.15, 0.2) is 0 Å². The van der Waals surface area contributed by atoms with Gasteiger partial charge in [0.25, 0.3) is 10.1 Å². The predicted molar refractivity (Wildman–Crippen MR) is 157 cm³/mol. The van der Waals surface area contributed by atoms with Gasteiger partial charge in [0.05, 0.1) is 48.4 Å². The fraction of sp³-hybridized carbons (Fsp3) is 0.414. The van der Waals surface area contributed by atoms with Crippen molar-refractivity contribution in [2.75, 3.05) is 30.9 Å². The lowest BCUT2D eigenvalue weighted by molar-refractivity contribution is 0.0192. The van der Waals surface area contributed by atoms with Gasteiger partial charge in [-0.25, -0.2) is 14.3 Å². The summed E-state index contributed by atoms with van der Waals surface area (Å²) in [7, 11) is -1.81. The molecule has 0 saturated carbocycles. The van der Waals surface area contributed by atoms with E-state index >= 15 is 0 Å². The zero-order valence-electron chi connectivity index (χ0n) is 24.5. The number of hydrogen-bond donors (Lipinski definition) is 0. The molecule has 3 atom stereocenters. The van der Waals surface area contributed by atoms with Crippen LogP contribution in [0.4, 0.5) is 10.6 Å². The average molecular weight is 605 g/mol. The maximum atomic E-state index is 13.0. The number of aromatic nitrogens is 5. The lowest BCUT2D eigenvalue weighted by Crippen LogP contribution is -2.65. The number of nitrogens with zero attached hydrogens (tertiary/aromatic N) is 8. The molecular weight excluding hydrogens is 572 g/mol. The number of carbonyl (C=O) groups is 1. The Bertz CT molecular complexity index is 1850. The molecule has 2 fully saturated rings. The van der Waals surface area contributed by atoms with E-state index in [1.54, 1.807) is 32.7 Å². The van der Waals surface area contributed by atoms with Crippen molar-refractivity contribution < 1.29 is 22.1 Å². The molecule has 6 rings (SSSR count). The molecular formula is C29H32N8O5S. The highest BCUT2D eigenvalue weighted by Crippen LogP contribution is 2.41. The number of rotatable bonds is 6. The summed E-state index contributed by atoms with van der Waals surface area (Å²) in [6.45, 7) is 6.21. The average Bonchev–Trinajstić information content (AvgIpc) is 3.61.